The second kappa shape index (κ2) is 6.23. The number of carboxylic acids is 1. The van der Waals surface area contributed by atoms with Crippen LogP contribution in [0.25, 0.3) is 11.1 Å². The molecule has 0 fully saturated rings. The number of rotatable bonds is 4. The van der Waals surface area contributed by atoms with Crippen molar-refractivity contribution in [1.29, 1.82) is 0 Å². The van der Waals surface area contributed by atoms with Gasteiger partial charge in [0.25, 0.3) is 0 Å². The molecule has 0 aromatic heterocycles. The quantitative estimate of drug-likeness (QED) is 0.821. The van der Waals surface area contributed by atoms with Gasteiger partial charge in [0.15, 0.2) is 0 Å². The smallest absolute Gasteiger partial charge is 0.336 e. The Morgan fingerprint density at radius 3 is 2.40 bits per heavy atom. The second-order valence-electron chi connectivity index (χ2n) is 4.93. The summed E-state index contributed by atoms with van der Waals surface area (Å²) >= 11 is 3.31. The number of hydrogen-bond acceptors (Lipinski definition) is 1. The molecule has 0 spiro atoms. The molecule has 0 radical (unpaired) electrons. The van der Waals surface area contributed by atoms with Gasteiger partial charge in [-0.2, -0.15) is 0 Å². The summed E-state index contributed by atoms with van der Waals surface area (Å²) in [6, 6.07) is 13.5. The minimum absolute atomic E-state index is 0.315. The zero-order valence-corrected chi connectivity index (χ0v) is 13.1. The molecule has 0 amide bonds. The van der Waals surface area contributed by atoms with E-state index in [0.717, 1.165) is 22.0 Å². The van der Waals surface area contributed by atoms with Crippen LogP contribution in [0.1, 0.15) is 42.1 Å². The third kappa shape index (κ3) is 3.10. The van der Waals surface area contributed by atoms with E-state index in [0.29, 0.717) is 11.5 Å². The van der Waals surface area contributed by atoms with Gasteiger partial charge in [-0.15, -0.1) is 0 Å². The van der Waals surface area contributed by atoms with Gasteiger partial charge < -0.3 is 5.11 Å². The van der Waals surface area contributed by atoms with Crippen LogP contribution in [-0.4, -0.2) is 11.1 Å². The highest BCUT2D eigenvalue weighted by atomic mass is 79.9. The van der Waals surface area contributed by atoms with E-state index in [9.17, 15) is 9.90 Å². The lowest BCUT2D eigenvalue weighted by molar-refractivity contribution is 0.0697. The maximum Gasteiger partial charge on any atom is 0.336 e. The number of benzene rings is 2. The number of aromatic carboxylic acids is 1. The molecule has 0 saturated heterocycles. The third-order valence-electron chi connectivity index (χ3n) is 3.62. The van der Waals surface area contributed by atoms with Crippen LogP contribution < -0.4 is 0 Å². The molecule has 0 aliphatic rings. The summed E-state index contributed by atoms with van der Waals surface area (Å²) in [6.07, 6.45) is 1.10. The Bertz CT molecular complexity index is 617. The second-order valence-corrected chi connectivity index (χ2v) is 5.84. The molecule has 104 valence electrons. The summed E-state index contributed by atoms with van der Waals surface area (Å²) < 4.78 is 0.773. The van der Waals surface area contributed by atoms with E-state index in [1.165, 1.54) is 5.56 Å². The molecule has 0 bridgehead atoms. The van der Waals surface area contributed by atoms with E-state index < -0.39 is 5.97 Å². The van der Waals surface area contributed by atoms with Gasteiger partial charge in [0.2, 0.25) is 0 Å². The number of halogens is 1. The summed E-state index contributed by atoms with van der Waals surface area (Å²) in [6.45, 7) is 4.35. The maximum atomic E-state index is 11.3. The fourth-order valence-corrected chi connectivity index (χ4v) is 2.53. The van der Waals surface area contributed by atoms with Crippen molar-refractivity contribution >= 4 is 21.9 Å². The first-order chi connectivity index (χ1) is 9.52. The van der Waals surface area contributed by atoms with Crippen molar-refractivity contribution < 1.29 is 9.90 Å². The Balaban J connectivity index is 2.44. The average Bonchev–Trinajstić information content (AvgIpc) is 2.46. The van der Waals surface area contributed by atoms with Crippen LogP contribution in [0.4, 0.5) is 0 Å². The molecule has 1 unspecified atom stereocenters. The van der Waals surface area contributed by atoms with Gasteiger partial charge >= 0.3 is 5.97 Å². The Labute approximate surface area is 127 Å². The van der Waals surface area contributed by atoms with Crippen molar-refractivity contribution in [2.24, 2.45) is 0 Å². The first-order valence-corrected chi connectivity index (χ1v) is 7.45. The zero-order chi connectivity index (χ0) is 14.7. The Hall–Kier alpha value is -1.61. The minimum Gasteiger partial charge on any atom is -0.478 e. The molecule has 2 rings (SSSR count). The highest BCUT2D eigenvalue weighted by Gasteiger charge is 2.12. The molecule has 0 heterocycles. The monoisotopic (exact) mass is 332 g/mol. The van der Waals surface area contributed by atoms with Gasteiger partial charge in [0, 0.05) is 4.47 Å². The molecular weight excluding hydrogens is 316 g/mol. The Kier molecular flexibility index (Phi) is 4.61. The van der Waals surface area contributed by atoms with E-state index in [4.69, 9.17) is 0 Å². The van der Waals surface area contributed by atoms with E-state index in [2.05, 4.69) is 41.9 Å². The fourth-order valence-electron chi connectivity index (χ4n) is 2.17. The van der Waals surface area contributed by atoms with E-state index in [1.54, 1.807) is 6.07 Å². The summed E-state index contributed by atoms with van der Waals surface area (Å²) in [5.74, 6) is -0.389. The normalized spacial score (nSPS) is 12.2. The first kappa shape index (κ1) is 14.8. The summed E-state index contributed by atoms with van der Waals surface area (Å²) in [4.78, 5) is 11.3. The Morgan fingerprint density at radius 2 is 1.85 bits per heavy atom. The molecule has 2 aromatic carbocycles. The number of hydrogen-bond donors (Lipinski definition) is 1. The first-order valence-electron chi connectivity index (χ1n) is 6.66. The van der Waals surface area contributed by atoms with Crippen LogP contribution in [0.5, 0.6) is 0 Å². The summed E-state index contributed by atoms with van der Waals surface area (Å²) in [5, 5.41) is 9.31. The van der Waals surface area contributed by atoms with Crippen LogP contribution in [0.2, 0.25) is 0 Å². The lowest BCUT2D eigenvalue weighted by Gasteiger charge is -2.11. The highest BCUT2D eigenvalue weighted by Crippen LogP contribution is 2.28. The molecule has 1 N–H and O–H groups in total. The molecule has 3 heteroatoms. The van der Waals surface area contributed by atoms with E-state index >= 15 is 0 Å². The van der Waals surface area contributed by atoms with Gasteiger partial charge in [-0.3, -0.25) is 0 Å². The van der Waals surface area contributed by atoms with Crippen molar-refractivity contribution in [3.8, 4) is 11.1 Å². The van der Waals surface area contributed by atoms with Gasteiger partial charge in [-0.1, -0.05) is 60.1 Å². The molecule has 0 aliphatic carbocycles. The van der Waals surface area contributed by atoms with Gasteiger partial charge in [0.1, 0.15) is 0 Å². The van der Waals surface area contributed by atoms with Crippen molar-refractivity contribution in [2.45, 2.75) is 26.2 Å². The van der Waals surface area contributed by atoms with Crippen molar-refractivity contribution in [2.75, 3.05) is 0 Å². The molecule has 0 saturated carbocycles. The largest absolute Gasteiger partial charge is 0.478 e. The van der Waals surface area contributed by atoms with E-state index in [-0.39, 0.29) is 0 Å². The molecule has 1 atom stereocenters. The topological polar surface area (TPSA) is 37.3 Å². The van der Waals surface area contributed by atoms with Gasteiger partial charge in [0.05, 0.1) is 5.56 Å². The van der Waals surface area contributed by atoms with Crippen LogP contribution in [-0.2, 0) is 0 Å². The third-order valence-corrected chi connectivity index (χ3v) is 4.11. The van der Waals surface area contributed by atoms with Crippen molar-refractivity contribution in [3.05, 3.63) is 58.1 Å². The SMILES string of the molecule is CCC(C)c1ccc(-c2ccc(Br)cc2C(=O)O)cc1. The lowest BCUT2D eigenvalue weighted by atomic mass is 9.94. The summed E-state index contributed by atoms with van der Waals surface area (Å²) in [7, 11) is 0. The van der Waals surface area contributed by atoms with Crippen molar-refractivity contribution in [1.82, 2.24) is 0 Å². The van der Waals surface area contributed by atoms with Crippen LogP contribution in [0, 0.1) is 0 Å². The van der Waals surface area contributed by atoms with Crippen molar-refractivity contribution in [3.63, 3.8) is 0 Å². The highest BCUT2D eigenvalue weighted by molar-refractivity contribution is 9.10. The predicted octanol–water partition coefficient (Wildman–Crippen LogP) is 5.33. The standard InChI is InChI=1S/C17H17BrO2/c1-3-11(2)12-4-6-13(7-5-12)15-9-8-14(18)10-16(15)17(19)20/h4-11H,3H2,1-2H3,(H,19,20). The molecule has 2 nitrogen and oxygen atoms in total. The number of carboxylic acid groups (broad SMARTS) is 1. The minimum atomic E-state index is -0.910. The molecule has 20 heavy (non-hydrogen) atoms. The van der Waals surface area contributed by atoms with Crippen LogP contribution in [0.15, 0.2) is 46.9 Å². The molecule has 0 aliphatic heterocycles. The van der Waals surface area contributed by atoms with Crippen LogP contribution in [0.3, 0.4) is 0 Å². The predicted molar refractivity (Wildman–Crippen MR) is 85.2 cm³/mol. The fraction of sp³-hybridized carbons (Fsp3) is 0.235. The number of carbonyl (C=O) groups is 1. The maximum absolute atomic E-state index is 11.3. The molecule has 2 aromatic rings. The Morgan fingerprint density at radius 1 is 1.20 bits per heavy atom. The van der Waals surface area contributed by atoms with Crippen LogP contribution >= 0.6 is 15.9 Å². The molecular formula is C17H17BrO2. The lowest BCUT2D eigenvalue weighted by Crippen LogP contribution is -1.99. The summed E-state index contributed by atoms with van der Waals surface area (Å²) in [5.41, 5.74) is 3.28. The average molecular weight is 333 g/mol. The zero-order valence-electron chi connectivity index (χ0n) is 11.6. The van der Waals surface area contributed by atoms with E-state index in [1.807, 2.05) is 24.3 Å². The van der Waals surface area contributed by atoms with Gasteiger partial charge in [-0.05, 0) is 41.2 Å². The van der Waals surface area contributed by atoms with Gasteiger partial charge in [-0.25, -0.2) is 4.79 Å².